The fraction of sp³-hybridized carbons (Fsp3) is 1.00. The zero-order chi connectivity index (χ0) is 5.54. The van der Waals surface area contributed by atoms with Crippen molar-refractivity contribution in [3.05, 3.63) is 0 Å². The van der Waals surface area contributed by atoms with Crippen LogP contribution in [0.4, 0.5) is 0 Å². The molecule has 1 heterocycles. The maximum absolute atomic E-state index is 6.00. The average Bonchev–Trinajstić information content (AvgIpc) is 2.23. The Hall–Kier alpha value is 0.880. The van der Waals surface area contributed by atoms with Gasteiger partial charge in [-0.05, 0) is 12.8 Å². The van der Waals surface area contributed by atoms with Crippen LogP contribution in [0.2, 0.25) is 0 Å². The van der Waals surface area contributed by atoms with Gasteiger partial charge in [0, 0.05) is 13.2 Å². The van der Waals surface area contributed by atoms with Crippen LogP contribution in [0.1, 0.15) is 12.8 Å². The minimum absolute atomic E-state index is 0. The molecular weight excluding hydrogens is 119 g/mol. The van der Waals surface area contributed by atoms with Gasteiger partial charge in [-0.2, -0.15) is 0 Å². The van der Waals surface area contributed by atoms with E-state index < -0.39 is 0 Å². The molecular formula is C4H11NaO3. The number of ether oxygens (including phenoxy) is 1. The van der Waals surface area contributed by atoms with Crippen molar-refractivity contribution in [3.63, 3.8) is 0 Å². The summed E-state index contributed by atoms with van der Waals surface area (Å²) in [6.45, 7) is 2.00. The van der Waals surface area contributed by atoms with Crippen molar-refractivity contribution >= 4 is 29.6 Å². The van der Waals surface area contributed by atoms with Crippen molar-refractivity contribution < 1.29 is 15.3 Å². The van der Waals surface area contributed by atoms with E-state index in [4.69, 9.17) is 15.3 Å². The molecule has 0 aliphatic carbocycles. The van der Waals surface area contributed by atoms with Crippen LogP contribution in [0.3, 0.4) is 0 Å². The third-order valence-electron chi connectivity index (χ3n) is 0.827. The summed E-state index contributed by atoms with van der Waals surface area (Å²) in [5.41, 5.74) is 0. The van der Waals surface area contributed by atoms with Gasteiger partial charge in [0.15, 0.2) is 0 Å². The predicted octanol–water partition coefficient (Wildman–Crippen LogP) is 0.166. The van der Waals surface area contributed by atoms with Gasteiger partial charge in [0.05, 0.1) is 0 Å². The van der Waals surface area contributed by atoms with Gasteiger partial charge in [-0.15, -0.1) is 0 Å². The standard InChI is InChI=1S/C4H8O.Na.H2O2.H/c1-2-4-5-3-1;;1-2;/h1-4H2;;1-2H;. The normalized spacial score (nSPS) is 15.8. The molecule has 0 aromatic rings. The first kappa shape index (κ1) is 11.6. The molecule has 2 N–H and O–H groups in total. The van der Waals surface area contributed by atoms with Crippen LogP contribution in [0.15, 0.2) is 0 Å². The Morgan fingerprint density at radius 1 is 1.00 bits per heavy atom. The zero-order valence-corrected chi connectivity index (χ0v) is 4.13. The van der Waals surface area contributed by atoms with Gasteiger partial charge in [-0.25, -0.2) is 0 Å². The van der Waals surface area contributed by atoms with Crippen LogP contribution in [0, 0.1) is 0 Å². The Kier molecular flexibility index (Phi) is 15.7. The first-order valence-corrected chi connectivity index (χ1v) is 2.28. The molecule has 8 heavy (non-hydrogen) atoms. The van der Waals surface area contributed by atoms with E-state index in [0.717, 1.165) is 13.2 Å². The van der Waals surface area contributed by atoms with Gasteiger partial charge in [-0.1, -0.05) is 0 Å². The fourth-order valence-corrected chi connectivity index (χ4v) is 0.510. The van der Waals surface area contributed by atoms with E-state index in [2.05, 4.69) is 0 Å². The summed E-state index contributed by atoms with van der Waals surface area (Å²) in [6.07, 6.45) is 2.56. The number of hydrogen-bond donors (Lipinski definition) is 2. The van der Waals surface area contributed by atoms with Crippen molar-refractivity contribution in [1.29, 1.82) is 0 Å². The Morgan fingerprint density at radius 2 is 1.38 bits per heavy atom. The molecule has 1 rings (SSSR count). The second-order valence-corrected chi connectivity index (χ2v) is 1.32. The van der Waals surface area contributed by atoms with Gasteiger partial charge in [0.25, 0.3) is 0 Å². The van der Waals surface area contributed by atoms with Gasteiger partial charge >= 0.3 is 29.6 Å². The molecule has 0 spiro atoms. The summed E-state index contributed by atoms with van der Waals surface area (Å²) in [5, 5.41) is 12.0. The topological polar surface area (TPSA) is 49.7 Å². The van der Waals surface area contributed by atoms with Gasteiger partial charge in [0.1, 0.15) is 0 Å². The quantitative estimate of drug-likeness (QED) is 0.279. The second-order valence-electron chi connectivity index (χ2n) is 1.32. The molecule has 1 aliphatic rings. The Labute approximate surface area is 70.9 Å². The van der Waals surface area contributed by atoms with E-state index in [1.54, 1.807) is 0 Å². The summed E-state index contributed by atoms with van der Waals surface area (Å²) in [5.74, 6) is 0. The molecule has 0 saturated carbocycles. The molecule has 0 bridgehead atoms. The molecule has 3 nitrogen and oxygen atoms in total. The Bertz CT molecular complexity index is 22.9. The van der Waals surface area contributed by atoms with Crippen LogP contribution < -0.4 is 0 Å². The van der Waals surface area contributed by atoms with Crippen molar-refractivity contribution in [3.8, 4) is 0 Å². The molecule has 0 unspecified atom stereocenters. The summed E-state index contributed by atoms with van der Waals surface area (Å²) in [4.78, 5) is 0. The third-order valence-corrected chi connectivity index (χ3v) is 0.827. The molecule has 1 saturated heterocycles. The van der Waals surface area contributed by atoms with Crippen LogP contribution >= 0.6 is 0 Å². The zero-order valence-electron chi connectivity index (χ0n) is 4.13. The van der Waals surface area contributed by atoms with Gasteiger partial charge in [-0.3, -0.25) is 10.5 Å². The van der Waals surface area contributed by atoms with Crippen LogP contribution in [-0.2, 0) is 4.74 Å². The monoisotopic (exact) mass is 130 g/mol. The molecule has 0 atom stereocenters. The second kappa shape index (κ2) is 10.8. The maximum atomic E-state index is 6.00. The average molecular weight is 130 g/mol. The van der Waals surface area contributed by atoms with Crippen LogP contribution in [0.5, 0.6) is 0 Å². The summed E-state index contributed by atoms with van der Waals surface area (Å²) < 4.78 is 4.94. The van der Waals surface area contributed by atoms with Gasteiger partial charge in [0.2, 0.25) is 0 Å². The van der Waals surface area contributed by atoms with E-state index in [9.17, 15) is 0 Å². The number of hydrogen-bond acceptors (Lipinski definition) is 3. The van der Waals surface area contributed by atoms with E-state index >= 15 is 0 Å². The van der Waals surface area contributed by atoms with Crippen LogP contribution in [-0.4, -0.2) is 53.3 Å². The van der Waals surface area contributed by atoms with Gasteiger partial charge < -0.3 is 4.74 Å². The minimum atomic E-state index is 0. The molecule has 0 amide bonds. The molecule has 46 valence electrons. The van der Waals surface area contributed by atoms with E-state index in [1.165, 1.54) is 12.8 Å². The van der Waals surface area contributed by atoms with Crippen LogP contribution in [0.25, 0.3) is 0 Å². The first-order chi connectivity index (χ1) is 3.50. The Morgan fingerprint density at radius 3 is 1.50 bits per heavy atom. The predicted molar refractivity (Wildman–Crippen MR) is 32.5 cm³/mol. The molecule has 1 aliphatic heterocycles. The molecule has 4 heteroatoms. The summed E-state index contributed by atoms with van der Waals surface area (Å²) in [7, 11) is 0. The fourth-order valence-electron chi connectivity index (χ4n) is 0.510. The van der Waals surface area contributed by atoms with Crippen molar-refractivity contribution in [1.82, 2.24) is 0 Å². The SMILES string of the molecule is C1CCOC1.OO.[NaH]. The number of rotatable bonds is 0. The first-order valence-electron chi connectivity index (χ1n) is 2.28. The molecule has 0 radical (unpaired) electrons. The Balaban J connectivity index is 0. The third kappa shape index (κ3) is 6.88. The van der Waals surface area contributed by atoms with E-state index in [-0.39, 0.29) is 29.6 Å². The van der Waals surface area contributed by atoms with E-state index in [0.29, 0.717) is 0 Å². The molecule has 0 aromatic carbocycles. The van der Waals surface area contributed by atoms with E-state index in [1.807, 2.05) is 0 Å². The van der Waals surface area contributed by atoms with Crippen molar-refractivity contribution in [2.24, 2.45) is 0 Å². The summed E-state index contributed by atoms with van der Waals surface area (Å²) in [6, 6.07) is 0. The molecule has 1 fully saturated rings. The molecule has 0 aromatic heterocycles. The summed E-state index contributed by atoms with van der Waals surface area (Å²) >= 11 is 0. The van der Waals surface area contributed by atoms with Crippen molar-refractivity contribution in [2.75, 3.05) is 13.2 Å². The van der Waals surface area contributed by atoms with Crippen molar-refractivity contribution in [2.45, 2.75) is 12.8 Å².